The van der Waals surface area contributed by atoms with Crippen LogP contribution in [-0.4, -0.2) is 59.4 Å². The average molecular weight is 367 g/mol. The molecular weight excluding hydrogens is 345 g/mol. The molecular formula is C21H22FN3O2. The van der Waals surface area contributed by atoms with Crippen molar-refractivity contribution in [3.05, 3.63) is 71.0 Å². The van der Waals surface area contributed by atoms with Crippen molar-refractivity contribution in [2.45, 2.75) is 13.0 Å². The Morgan fingerprint density at radius 3 is 2.15 bits per heavy atom. The van der Waals surface area contributed by atoms with Crippen LogP contribution in [0.15, 0.2) is 48.5 Å². The van der Waals surface area contributed by atoms with E-state index in [9.17, 15) is 14.0 Å². The van der Waals surface area contributed by atoms with Crippen LogP contribution in [0.5, 0.6) is 0 Å². The van der Waals surface area contributed by atoms with Gasteiger partial charge < -0.3 is 0 Å². The topological polar surface area (TPSA) is 43.9 Å². The van der Waals surface area contributed by atoms with Crippen LogP contribution in [0.4, 0.5) is 4.39 Å². The molecule has 0 aliphatic carbocycles. The van der Waals surface area contributed by atoms with E-state index in [0.29, 0.717) is 43.0 Å². The Balaban J connectivity index is 1.35. The lowest BCUT2D eigenvalue weighted by Gasteiger charge is -2.36. The number of amides is 2. The molecule has 27 heavy (non-hydrogen) atoms. The fourth-order valence-corrected chi connectivity index (χ4v) is 3.80. The van der Waals surface area contributed by atoms with Crippen LogP contribution < -0.4 is 0 Å². The van der Waals surface area contributed by atoms with E-state index in [1.54, 1.807) is 30.3 Å². The number of halogens is 1. The number of hydrogen-bond acceptors (Lipinski definition) is 4. The van der Waals surface area contributed by atoms with Gasteiger partial charge in [0, 0.05) is 38.3 Å². The Kier molecular flexibility index (Phi) is 5.01. The van der Waals surface area contributed by atoms with Crippen molar-refractivity contribution in [2.24, 2.45) is 0 Å². The third kappa shape index (κ3) is 3.63. The van der Waals surface area contributed by atoms with Gasteiger partial charge in [0.15, 0.2) is 0 Å². The molecule has 0 N–H and O–H groups in total. The molecule has 0 aromatic heterocycles. The molecule has 2 aliphatic rings. The van der Waals surface area contributed by atoms with E-state index < -0.39 is 0 Å². The highest BCUT2D eigenvalue weighted by Crippen LogP contribution is 2.22. The number of imide groups is 1. The lowest BCUT2D eigenvalue weighted by atomic mass is 10.1. The van der Waals surface area contributed by atoms with Gasteiger partial charge in [-0.25, -0.2) is 4.39 Å². The number of fused-ring (bicyclic) bond motifs is 1. The molecule has 1 saturated heterocycles. The molecule has 140 valence electrons. The fourth-order valence-electron chi connectivity index (χ4n) is 3.80. The smallest absolute Gasteiger partial charge is 0.261 e. The van der Waals surface area contributed by atoms with Gasteiger partial charge in [0.2, 0.25) is 0 Å². The van der Waals surface area contributed by atoms with Gasteiger partial charge >= 0.3 is 0 Å². The number of rotatable bonds is 5. The van der Waals surface area contributed by atoms with Crippen LogP contribution in [0.25, 0.3) is 0 Å². The Bertz CT molecular complexity index is 835. The van der Waals surface area contributed by atoms with Gasteiger partial charge in [0.1, 0.15) is 5.82 Å². The molecule has 2 aromatic rings. The summed E-state index contributed by atoms with van der Waals surface area (Å²) in [5, 5.41) is 0. The number of hydrogen-bond donors (Lipinski definition) is 0. The fraction of sp³-hybridized carbons (Fsp3) is 0.333. The minimum atomic E-state index is -0.212. The van der Waals surface area contributed by atoms with Crippen LogP contribution >= 0.6 is 0 Å². The Labute approximate surface area is 158 Å². The summed E-state index contributed by atoms with van der Waals surface area (Å²) in [6.07, 6.45) is 0.983. The highest BCUT2D eigenvalue weighted by Gasteiger charge is 2.35. The maximum Gasteiger partial charge on any atom is 0.261 e. The van der Waals surface area contributed by atoms with Gasteiger partial charge in [-0.2, -0.15) is 0 Å². The van der Waals surface area contributed by atoms with Crippen molar-refractivity contribution < 1.29 is 14.0 Å². The Morgan fingerprint density at radius 1 is 0.815 bits per heavy atom. The first-order chi connectivity index (χ1) is 13.1. The summed E-state index contributed by atoms with van der Waals surface area (Å²) in [4.78, 5) is 30.7. The van der Waals surface area contributed by atoms with Crippen molar-refractivity contribution >= 4 is 11.8 Å². The zero-order chi connectivity index (χ0) is 18.8. The second kappa shape index (κ2) is 7.58. The van der Waals surface area contributed by atoms with Crippen molar-refractivity contribution in [1.29, 1.82) is 0 Å². The zero-order valence-corrected chi connectivity index (χ0v) is 15.1. The molecule has 0 bridgehead atoms. The molecule has 0 atom stereocenters. The highest BCUT2D eigenvalue weighted by atomic mass is 19.1. The summed E-state index contributed by atoms with van der Waals surface area (Å²) in [7, 11) is 0. The van der Waals surface area contributed by atoms with E-state index >= 15 is 0 Å². The van der Waals surface area contributed by atoms with Crippen molar-refractivity contribution in [2.75, 3.05) is 32.8 Å². The summed E-state index contributed by atoms with van der Waals surface area (Å²) in [6.45, 7) is 4.10. The molecule has 0 saturated carbocycles. The monoisotopic (exact) mass is 367 g/mol. The molecule has 0 spiro atoms. The number of carbonyl (C=O) groups is 2. The number of carbonyl (C=O) groups excluding carboxylic acids is 2. The highest BCUT2D eigenvalue weighted by molar-refractivity contribution is 6.21. The third-order valence-electron chi connectivity index (χ3n) is 5.22. The maximum atomic E-state index is 13.9. The van der Waals surface area contributed by atoms with Crippen LogP contribution in [0.2, 0.25) is 0 Å². The molecule has 4 rings (SSSR count). The maximum absolute atomic E-state index is 13.9. The standard InChI is InChI=1S/C21H22FN3O2/c22-19-9-4-1-6-16(19)14-24-11-5-10-23(15-24)12-13-25-20(26)17-7-2-3-8-18(17)21(25)27/h1-4,6-9H,5,10-15H2. The summed E-state index contributed by atoms with van der Waals surface area (Å²) in [6, 6.07) is 13.8. The van der Waals surface area contributed by atoms with Crippen LogP contribution in [0, 0.1) is 5.82 Å². The molecule has 5 nitrogen and oxygen atoms in total. The SMILES string of the molecule is O=C1c2ccccc2C(=O)N1CCN1CCCN(Cc2ccccc2F)C1. The zero-order valence-electron chi connectivity index (χ0n) is 15.1. The quantitative estimate of drug-likeness (QED) is 0.762. The summed E-state index contributed by atoms with van der Waals surface area (Å²) < 4.78 is 13.9. The second-order valence-corrected chi connectivity index (χ2v) is 7.06. The van der Waals surface area contributed by atoms with Gasteiger partial charge in [-0.15, -0.1) is 0 Å². The summed E-state index contributed by atoms with van der Waals surface area (Å²) >= 11 is 0. The molecule has 2 aromatic carbocycles. The molecule has 0 unspecified atom stereocenters. The van der Waals surface area contributed by atoms with Gasteiger partial charge in [-0.3, -0.25) is 24.3 Å². The molecule has 0 radical (unpaired) electrons. The Morgan fingerprint density at radius 2 is 1.44 bits per heavy atom. The summed E-state index contributed by atoms with van der Waals surface area (Å²) in [5.74, 6) is -0.604. The van der Waals surface area contributed by atoms with Crippen LogP contribution in [-0.2, 0) is 6.54 Å². The van der Waals surface area contributed by atoms with Gasteiger partial charge in [0.25, 0.3) is 11.8 Å². The van der Waals surface area contributed by atoms with Gasteiger partial charge in [-0.05, 0) is 24.6 Å². The predicted molar refractivity (Wildman–Crippen MR) is 99.7 cm³/mol. The van der Waals surface area contributed by atoms with Crippen molar-refractivity contribution in [1.82, 2.24) is 14.7 Å². The first kappa shape index (κ1) is 17.8. The summed E-state index contributed by atoms with van der Waals surface area (Å²) in [5.41, 5.74) is 1.67. The lowest BCUT2D eigenvalue weighted by molar-refractivity contribution is 0.0540. The minimum Gasteiger partial charge on any atom is -0.289 e. The largest absolute Gasteiger partial charge is 0.289 e. The predicted octanol–water partition coefficient (Wildman–Crippen LogP) is 2.59. The molecule has 1 fully saturated rings. The first-order valence-corrected chi connectivity index (χ1v) is 9.27. The molecule has 2 amide bonds. The van der Waals surface area contributed by atoms with Gasteiger partial charge in [-0.1, -0.05) is 30.3 Å². The second-order valence-electron chi connectivity index (χ2n) is 7.06. The normalized spacial score (nSPS) is 18.2. The lowest BCUT2D eigenvalue weighted by Crippen LogP contribution is -2.47. The van der Waals surface area contributed by atoms with E-state index in [1.807, 2.05) is 12.1 Å². The van der Waals surface area contributed by atoms with Crippen molar-refractivity contribution in [3.63, 3.8) is 0 Å². The third-order valence-corrected chi connectivity index (χ3v) is 5.22. The van der Waals surface area contributed by atoms with E-state index in [2.05, 4.69) is 9.80 Å². The van der Waals surface area contributed by atoms with E-state index in [-0.39, 0.29) is 17.6 Å². The van der Waals surface area contributed by atoms with E-state index in [1.165, 1.54) is 11.0 Å². The average Bonchev–Trinajstić information content (AvgIpc) is 2.93. The Hall–Kier alpha value is -2.57. The number of nitrogens with zero attached hydrogens (tertiary/aromatic N) is 3. The van der Waals surface area contributed by atoms with Crippen molar-refractivity contribution in [3.8, 4) is 0 Å². The molecule has 2 aliphatic heterocycles. The molecule has 2 heterocycles. The number of benzene rings is 2. The van der Waals surface area contributed by atoms with E-state index in [4.69, 9.17) is 0 Å². The minimum absolute atomic E-state index is 0.180. The van der Waals surface area contributed by atoms with E-state index in [0.717, 1.165) is 19.5 Å². The first-order valence-electron chi connectivity index (χ1n) is 9.27. The van der Waals surface area contributed by atoms with Gasteiger partial charge in [0.05, 0.1) is 17.8 Å². The molecule has 6 heteroatoms. The van der Waals surface area contributed by atoms with Crippen LogP contribution in [0.1, 0.15) is 32.7 Å². The van der Waals surface area contributed by atoms with Crippen LogP contribution in [0.3, 0.4) is 0 Å².